The molecule has 0 spiro atoms. The van der Waals surface area contributed by atoms with E-state index in [1.807, 2.05) is 36.7 Å². The summed E-state index contributed by atoms with van der Waals surface area (Å²) in [6.07, 6.45) is 0.340. The third-order valence-corrected chi connectivity index (χ3v) is 4.22. The van der Waals surface area contributed by atoms with Crippen molar-refractivity contribution in [3.8, 4) is 12.1 Å². The molecule has 1 aromatic rings. The van der Waals surface area contributed by atoms with Crippen LogP contribution in [0.5, 0.6) is 0 Å². The Hall–Kier alpha value is -2.42. The largest absolute Gasteiger partial charge is 0.374 e. The summed E-state index contributed by atoms with van der Waals surface area (Å²) >= 11 is 0. The summed E-state index contributed by atoms with van der Waals surface area (Å²) < 4.78 is 7.78. The van der Waals surface area contributed by atoms with Crippen molar-refractivity contribution in [1.29, 1.82) is 10.5 Å². The fourth-order valence-electron chi connectivity index (χ4n) is 2.96. The Morgan fingerprint density at radius 2 is 2.12 bits per heavy atom. The van der Waals surface area contributed by atoms with Gasteiger partial charge in [0, 0.05) is 31.7 Å². The fraction of sp³-hybridized carbons (Fsp3) is 0.647. The monoisotopic (exact) mass is 344 g/mol. The number of morpholine rings is 1. The summed E-state index contributed by atoms with van der Waals surface area (Å²) in [6, 6.07) is 5.89. The molecule has 1 aromatic heterocycles. The van der Waals surface area contributed by atoms with Gasteiger partial charge in [0.2, 0.25) is 5.91 Å². The standard InChI is InChI=1S/C17H24N6O2/c1-14-11-15(2)23(20-14)13-16-12-21(9-10-25-16)6-3-17(24)22(7-4-18)8-5-19/h11,16H,3,6-10,12-13H2,1-2H3. The molecule has 1 fully saturated rings. The van der Waals surface area contributed by atoms with E-state index in [2.05, 4.69) is 10.00 Å². The summed E-state index contributed by atoms with van der Waals surface area (Å²) in [4.78, 5) is 15.6. The molecule has 0 aromatic carbocycles. The smallest absolute Gasteiger partial charge is 0.225 e. The third kappa shape index (κ3) is 5.56. The topological polar surface area (TPSA) is 98.2 Å². The molecule has 1 saturated heterocycles. The zero-order chi connectivity index (χ0) is 18.2. The summed E-state index contributed by atoms with van der Waals surface area (Å²) in [5.41, 5.74) is 2.10. The highest BCUT2D eigenvalue weighted by Crippen LogP contribution is 2.11. The zero-order valence-corrected chi connectivity index (χ0v) is 14.8. The van der Waals surface area contributed by atoms with Crippen LogP contribution in [0, 0.1) is 36.5 Å². The number of aromatic nitrogens is 2. The summed E-state index contributed by atoms with van der Waals surface area (Å²) in [7, 11) is 0. The minimum absolute atomic E-state index is 0.0381. The van der Waals surface area contributed by atoms with Gasteiger partial charge >= 0.3 is 0 Å². The molecular weight excluding hydrogens is 320 g/mol. The lowest BCUT2D eigenvalue weighted by molar-refractivity contribution is -0.130. The molecule has 25 heavy (non-hydrogen) atoms. The van der Waals surface area contributed by atoms with Crippen molar-refractivity contribution in [3.63, 3.8) is 0 Å². The molecule has 1 aliphatic rings. The first kappa shape index (κ1) is 18.9. The molecule has 1 aliphatic heterocycles. The van der Waals surface area contributed by atoms with Crippen LogP contribution in [0.25, 0.3) is 0 Å². The Kier molecular flexibility index (Phi) is 6.93. The van der Waals surface area contributed by atoms with Gasteiger partial charge < -0.3 is 9.64 Å². The van der Waals surface area contributed by atoms with Crippen LogP contribution >= 0.6 is 0 Å². The van der Waals surface area contributed by atoms with E-state index in [0.29, 0.717) is 26.1 Å². The van der Waals surface area contributed by atoms with E-state index in [-0.39, 0.29) is 25.1 Å². The molecule has 1 amide bonds. The number of amides is 1. The van der Waals surface area contributed by atoms with E-state index in [1.165, 1.54) is 4.90 Å². The number of carbonyl (C=O) groups excluding carboxylic acids is 1. The van der Waals surface area contributed by atoms with Crippen molar-refractivity contribution in [2.75, 3.05) is 39.3 Å². The van der Waals surface area contributed by atoms with Crippen molar-refractivity contribution in [3.05, 3.63) is 17.5 Å². The number of aryl methyl sites for hydroxylation is 2. The maximum absolute atomic E-state index is 12.1. The minimum Gasteiger partial charge on any atom is -0.374 e. The van der Waals surface area contributed by atoms with Gasteiger partial charge in [-0.3, -0.25) is 14.4 Å². The molecule has 0 aliphatic carbocycles. The summed E-state index contributed by atoms with van der Waals surface area (Å²) in [5.74, 6) is -0.162. The number of nitriles is 2. The van der Waals surface area contributed by atoms with E-state index in [4.69, 9.17) is 15.3 Å². The number of rotatable bonds is 7. The Bertz CT molecular complexity index is 656. The first-order valence-electron chi connectivity index (χ1n) is 8.40. The van der Waals surface area contributed by atoms with Crippen molar-refractivity contribution in [1.82, 2.24) is 19.6 Å². The van der Waals surface area contributed by atoms with Crippen LogP contribution in [0.2, 0.25) is 0 Å². The maximum atomic E-state index is 12.1. The maximum Gasteiger partial charge on any atom is 0.225 e. The van der Waals surface area contributed by atoms with Gasteiger partial charge in [-0.1, -0.05) is 0 Å². The van der Waals surface area contributed by atoms with E-state index in [9.17, 15) is 4.79 Å². The second-order valence-corrected chi connectivity index (χ2v) is 6.22. The Balaban J connectivity index is 1.83. The molecule has 0 bridgehead atoms. The molecule has 2 rings (SSSR count). The first-order chi connectivity index (χ1) is 12.0. The van der Waals surface area contributed by atoms with Gasteiger partial charge in [-0.05, 0) is 19.9 Å². The summed E-state index contributed by atoms with van der Waals surface area (Å²) in [5, 5.41) is 21.9. The van der Waals surface area contributed by atoms with Gasteiger partial charge in [-0.2, -0.15) is 15.6 Å². The second kappa shape index (κ2) is 9.16. The predicted octanol–water partition coefficient (Wildman–Crippen LogP) is 0.467. The number of carbonyl (C=O) groups is 1. The van der Waals surface area contributed by atoms with Crippen LogP contribution < -0.4 is 0 Å². The summed E-state index contributed by atoms with van der Waals surface area (Å²) in [6.45, 7) is 7.34. The molecule has 8 heteroatoms. The lowest BCUT2D eigenvalue weighted by atomic mass is 10.2. The van der Waals surface area contributed by atoms with Gasteiger partial charge in [0.25, 0.3) is 0 Å². The van der Waals surface area contributed by atoms with Gasteiger partial charge in [0.1, 0.15) is 13.1 Å². The van der Waals surface area contributed by atoms with E-state index in [0.717, 1.165) is 24.5 Å². The predicted molar refractivity (Wildman–Crippen MR) is 90.3 cm³/mol. The highest BCUT2D eigenvalue weighted by Gasteiger charge is 2.23. The normalized spacial score (nSPS) is 17.7. The van der Waals surface area contributed by atoms with Crippen molar-refractivity contribution < 1.29 is 9.53 Å². The van der Waals surface area contributed by atoms with E-state index < -0.39 is 0 Å². The molecule has 0 radical (unpaired) electrons. The quantitative estimate of drug-likeness (QED) is 0.667. The molecule has 2 heterocycles. The number of hydrogen-bond donors (Lipinski definition) is 0. The van der Waals surface area contributed by atoms with Crippen LogP contribution in [0.1, 0.15) is 17.8 Å². The number of ether oxygens (including phenoxy) is 1. The molecule has 134 valence electrons. The average Bonchev–Trinajstić information content (AvgIpc) is 2.90. The van der Waals surface area contributed by atoms with Crippen molar-refractivity contribution in [2.45, 2.75) is 32.9 Å². The van der Waals surface area contributed by atoms with Crippen molar-refractivity contribution in [2.24, 2.45) is 0 Å². The van der Waals surface area contributed by atoms with Gasteiger partial charge in [-0.25, -0.2) is 0 Å². The SMILES string of the molecule is Cc1cc(C)n(CC2CN(CCC(=O)N(CC#N)CC#N)CCO2)n1. The second-order valence-electron chi connectivity index (χ2n) is 6.22. The van der Waals surface area contributed by atoms with Crippen LogP contribution in [0.15, 0.2) is 6.07 Å². The van der Waals surface area contributed by atoms with Crippen LogP contribution in [-0.2, 0) is 16.1 Å². The molecule has 1 unspecified atom stereocenters. The number of hydrogen-bond acceptors (Lipinski definition) is 6. The van der Waals surface area contributed by atoms with Crippen LogP contribution in [-0.4, -0.2) is 70.9 Å². The van der Waals surface area contributed by atoms with Crippen LogP contribution in [0.3, 0.4) is 0 Å². The molecule has 8 nitrogen and oxygen atoms in total. The van der Waals surface area contributed by atoms with E-state index in [1.54, 1.807) is 0 Å². The zero-order valence-electron chi connectivity index (χ0n) is 14.8. The molecule has 0 saturated carbocycles. The molecule has 1 atom stereocenters. The molecule has 0 N–H and O–H groups in total. The lowest BCUT2D eigenvalue weighted by Gasteiger charge is -2.33. The fourth-order valence-corrected chi connectivity index (χ4v) is 2.96. The first-order valence-corrected chi connectivity index (χ1v) is 8.40. The van der Waals surface area contributed by atoms with E-state index >= 15 is 0 Å². The van der Waals surface area contributed by atoms with Gasteiger partial charge in [0.05, 0.1) is 37.1 Å². The average molecular weight is 344 g/mol. The van der Waals surface area contributed by atoms with Gasteiger partial charge in [-0.15, -0.1) is 0 Å². The van der Waals surface area contributed by atoms with Crippen LogP contribution in [0.4, 0.5) is 0 Å². The highest BCUT2D eigenvalue weighted by molar-refractivity contribution is 5.76. The molecular formula is C17H24N6O2. The minimum atomic E-state index is -0.162. The highest BCUT2D eigenvalue weighted by atomic mass is 16.5. The Morgan fingerprint density at radius 3 is 2.72 bits per heavy atom. The Labute approximate surface area is 148 Å². The van der Waals surface area contributed by atoms with Gasteiger partial charge in [0.15, 0.2) is 0 Å². The third-order valence-electron chi connectivity index (χ3n) is 4.22. The lowest BCUT2D eigenvalue weighted by Crippen LogP contribution is -2.45. The van der Waals surface area contributed by atoms with Crippen molar-refractivity contribution >= 4 is 5.91 Å². The number of nitrogens with zero attached hydrogens (tertiary/aromatic N) is 6. The Morgan fingerprint density at radius 1 is 1.40 bits per heavy atom.